The zero-order valence-electron chi connectivity index (χ0n) is 9.87. The van der Waals surface area contributed by atoms with Crippen LogP contribution < -0.4 is 0 Å². The van der Waals surface area contributed by atoms with Gasteiger partial charge >= 0.3 is 0 Å². The topological polar surface area (TPSA) is 57.8 Å². The van der Waals surface area contributed by atoms with Crippen molar-refractivity contribution < 1.29 is 9.90 Å². The molecule has 2 aromatic heterocycles. The molecule has 0 radical (unpaired) electrons. The van der Waals surface area contributed by atoms with Gasteiger partial charge in [-0.05, 0) is 19.1 Å². The molecular formula is C12H15N3O2. The average molecular weight is 233 g/mol. The number of hydrogen-bond acceptors (Lipinski definition) is 3. The van der Waals surface area contributed by atoms with Crippen molar-refractivity contribution >= 4 is 11.4 Å². The van der Waals surface area contributed by atoms with Crippen LogP contribution in [0, 0.1) is 0 Å². The number of rotatable bonds is 3. The summed E-state index contributed by atoms with van der Waals surface area (Å²) in [6.07, 6.45) is 3.35. The molecule has 5 heteroatoms. The maximum absolute atomic E-state index is 12.2. The molecule has 1 amide bonds. The molecule has 17 heavy (non-hydrogen) atoms. The second-order valence-corrected chi connectivity index (χ2v) is 4.04. The number of aliphatic hydroxyl groups is 1. The maximum Gasteiger partial charge on any atom is 0.257 e. The van der Waals surface area contributed by atoms with Gasteiger partial charge in [-0.15, -0.1) is 0 Å². The van der Waals surface area contributed by atoms with Gasteiger partial charge in [0, 0.05) is 13.2 Å². The van der Waals surface area contributed by atoms with E-state index < -0.39 is 0 Å². The monoisotopic (exact) mass is 233 g/mol. The van der Waals surface area contributed by atoms with Crippen molar-refractivity contribution in [2.24, 2.45) is 0 Å². The highest BCUT2D eigenvalue weighted by Gasteiger charge is 2.20. The molecule has 5 nitrogen and oxygen atoms in total. The highest BCUT2D eigenvalue weighted by atomic mass is 16.3. The summed E-state index contributed by atoms with van der Waals surface area (Å²) in [6.45, 7) is 1.74. The van der Waals surface area contributed by atoms with Gasteiger partial charge in [-0.3, -0.25) is 4.79 Å². The Morgan fingerprint density at radius 2 is 2.35 bits per heavy atom. The molecule has 0 bridgehead atoms. The first-order chi connectivity index (χ1) is 8.15. The molecule has 0 aliphatic carbocycles. The summed E-state index contributed by atoms with van der Waals surface area (Å²) in [5, 5.41) is 13.2. The fraction of sp³-hybridized carbons (Fsp3) is 0.333. The minimum Gasteiger partial charge on any atom is -0.394 e. The molecule has 0 aromatic carbocycles. The molecule has 0 saturated heterocycles. The lowest BCUT2D eigenvalue weighted by Crippen LogP contribution is -2.37. The fourth-order valence-corrected chi connectivity index (χ4v) is 1.61. The van der Waals surface area contributed by atoms with Gasteiger partial charge in [0.2, 0.25) is 0 Å². The SMILES string of the molecule is CC(CO)N(C)C(=O)c1cnn2ccccc12. The van der Waals surface area contributed by atoms with Gasteiger partial charge in [-0.25, -0.2) is 4.52 Å². The number of pyridine rings is 1. The van der Waals surface area contributed by atoms with E-state index in [9.17, 15) is 4.79 Å². The molecule has 2 aromatic rings. The maximum atomic E-state index is 12.2. The number of aromatic nitrogens is 2. The lowest BCUT2D eigenvalue weighted by atomic mass is 10.2. The third-order valence-corrected chi connectivity index (χ3v) is 2.90. The van der Waals surface area contributed by atoms with Crippen LogP contribution in [-0.4, -0.2) is 45.2 Å². The lowest BCUT2D eigenvalue weighted by molar-refractivity contribution is 0.0684. The number of carbonyl (C=O) groups excluding carboxylic acids is 1. The smallest absolute Gasteiger partial charge is 0.257 e. The molecule has 2 rings (SSSR count). The van der Waals surface area contributed by atoms with E-state index >= 15 is 0 Å². The molecule has 0 fully saturated rings. The summed E-state index contributed by atoms with van der Waals surface area (Å²) in [7, 11) is 1.68. The Kier molecular flexibility index (Phi) is 3.10. The number of hydrogen-bond donors (Lipinski definition) is 1. The minimum atomic E-state index is -0.207. The number of carbonyl (C=O) groups is 1. The molecule has 0 aliphatic heterocycles. The molecular weight excluding hydrogens is 218 g/mol. The summed E-state index contributed by atoms with van der Waals surface area (Å²) in [5.41, 5.74) is 1.32. The zero-order chi connectivity index (χ0) is 12.4. The average Bonchev–Trinajstić information content (AvgIpc) is 2.79. The summed E-state index contributed by atoms with van der Waals surface area (Å²) in [4.78, 5) is 13.7. The Morgan fingerprint density at radius 3 is 3.06 bits per heavy atom. The normalized spacial score (nSPS) is 12.6. The number of aliphatic hydroxyl groups excluding tert-OH is 1. The summed E-state index contributed by atoms with van der Waals surface area (Å²) < 4.78 is 1.66. The van der Waals surface area contributed by atoms with Crippen LogP contribution in [0.4, 0.5) is 0 Å². The predicted octanol–water partition coefficient (Wildman–Crippen LogP) is 0.787. The van der Waals surface area contributed by atoms with E-state index in [1.807, 2.05) is 18.2 Å². The number of fused-ring (bicyclic) bond motifs is 1. The Hall–Kier alpha value is -1.88. The highest BCUT2D eigenvalue weighted by molar-refractivity contribution is 6.00. The molecule has 1 N–H and O–H groups in total. The van der Waals surface area contributed by atoms with Gasteiger partial charge in [0.05, 0.1) is 29.9 Å². The van der Waals surface area contributed by atoms with Crippen molar-refractivity contribution in [1.29, 1.82) is 0 Å². The summed E-state index contributed by atoms with van der Waals surface area (Å²) >= 11 is 0. The van der Waals surface area contributed by atoms with Crippen LogP contribution in [0.25, 0.3) is 5.52 Å². The number of nitrogens with zero attached hydrogens (tertiary/aromatic N) is 3. The largest absolute Gasteiger partial charge is 0.394 e. The van der Waals surface area contributed by atoms with Crippen molar-refractivity contribution in [2.45, 2.75) is 13.0 Å². The van der Waals surface area contributed by atoms with E-state index in [-0.39, 0.29) is 18.6 Å². The van der Waals surface area contributed by atoms with Crippen molar-refractivity contribution in [3.63, 3.8) is 0 Å². The van der Waals surface area contributed by atoms with Crippen LogP contribution in [-0.2, 0) is 0 Å². The first-order valence-corrected chi connectivity index (χ1v) is 5.45. The van der Waals surface area contributed by atoms with E-state index in [1.54, 1.807) is 30.9 Å². The van der Waals surface area contributed by atoms with Gasteiger partial charge in [0.1, 0.15) is 0 Å². The van der Waals surface area contributed by atoms with Crippen LogP contribution >= 0.6 is 0 Å². The minimum absolute atomic E-state index is 0.0541. The lowest BCUT2D eigenvalue weighted by Gasteiger charge is -2.22. The molecule has 1 atom stereocenters. The van der Waals surface area contributed by atoms with E-state index in [0.717, 1.165) is 5.52 Å². The van der Waals surface area contributed by atoms with Gasteiger partial charge in [0.15, 0.2) is 0 Å². The molecule has 0 aliphatic rings. The van der Waals surface area contributed by atoms with E-state index in [0.29, 0.717) is 5.56 Å². The van der Waals surface area contributed by atoms with Crippen molar-refractivity contribution in [2.75, 3.05) is 13.7 Å². The molecule has 2 heterocycles. The Bertz CT molecular complexity index is 535. The second-order valence-electron chi connectivity index (χ2n) is 4.04. The number of amides is 1. The van der Waals surface area contributed by atoms with Crippen LogP contribution in [0.15, 0.2) is 30.6 Å². The second kappa shape index (κ2) is 4.55. The molecule has 0 spiro atoms. The molecule has 1 unspecified atom stereocenters. The van der Waals surface area contributed by atoms with Crippen LogP contribution in [0.3, 0.4) is 0 Å². The Balaban J connectivity index is 2.37. The highest BCUT2D eigenvalue weighted by Crippen LogP contribution is 2.13. The van der Waals surface area contributed by atoms with Gasteiger partial charge in [-0.1, -0.05) is 6.07 Å². The third-order valence-electron chi connectivity index (χ3n) is 2.90. The fourth-order valence-electron chi connectivity index (χ4n) is 1.61. The first kappa shape index (κ1) is 11.6. The standard InChI is InChI=1S/C12H15N3O2/c1-9(8-16)14(2)12(17)10-7-13-15-6-4-3-5-11(10)15/h3-7,9,16H,8H2,1-2H3. The first-order valence-electron chi connectivity index (χ1n) is 5.45. The summed E-state index contributed by atoms with van der Waals surface area (Å²) in [6, 6.07) is 5.36. The molecule has 90 valence electrons. The zero-order valence-corrected chi connectivity index (χ0v) is 9.87. The van der Waals surface area contributed by atoms with Crippen LogP contribution in [0.2, 0.25) is 0 Å². The van der Waals surface area contributed by atoms with Crippen molar-refractivity contribution in [3.8, 4) is 0 Å². The number of likely N-dealkylation sites (N-methyl/N-ethyl adjacent to an activating group) is 1. The molecule has 0 saturated carbocycles. The van der Waals surface area contributed by atoms with Gasteiger partial charge in [0.25, 0.3) is 5.91 Å². The van der Waals surface area contributed by atoms with E-state index in [4.69, 9.17) is 5.11 Å². The van der Waals surface area contributed by atoms with Gasteiger partial charge < -0.3 is 10.0 Å². The van der Waals surface area contributed by atoms with Crippen LogP contribution in [0.1, 0.15) is 17.3 Å². The van der Waals surface area contributed by atoms with Crippen LogP contribution in [0.5, 0.6) is 0 Å². The predicted molar refractivity (Wildman–Crippen MR) is 63.8 cm³/mol. The quantitative estimate of drug-likeness (QED) is 0.852. The van der Waals surface area contributed by atoms with E-state index in [2.05, 4.69) is 5.10 Å². The van der Waals surface area contributed by atoms with Gasteiger partial charge in [-0.2, -0.15) is 5.10 Å². The Labute approximate surface area is 99.3 Å². The van der Waals surface area contributed by atoms with Crippen molar-refractivity contribution in [3.05, 3.63) is 36.2 Å². The summed E-state index contributed by atoms with van der Waals surface area (Å²) in [5.74, 6) is -0.132. The Morgan fingerprint density at radius 1 is 1.59 bits per heavy atom. The third kappa shape index (κ3) is 2.01. The van der Waals surface area contributed by atoms with E-state index in [1.165, 1.54) is 4.90 Å². The van der Waals surface area contributed by atoms with Crippen molar-refractivity contribution in [1.82, 2.24) is 14.5 Å².